The van der Waals surface area contributed by atoms with Gasteiger partial charge in [0.1, 0.15) is 0 Å². The predicted octanol–water partition coefficient (Wildman–Crippen LogP) is 10.7. The fraction of sp³-hybridized carbons (Fsp3) is 1.00. The van der Waals surface area contributed by atoms with Crippen molar-refractivity contribution in [1.29, 1.82) is 0 Å². The molecule has 0 aromatic heterocycles. The molecule has 0 bridgehead atoms. The predicted molar refractivity (Wildman–Crippen MR) is 136 cm³/mol. The van der Waals surface area contributed by atoms with Crippen molar-refractivity contribution in [2.24, 2.45) is 0 Å². The molecule has 0 amide bonds. The minimum atomic E-state index is 0.370. The molecule has 170 valence electrons. The second-order valence-corrected chi connectivity index (χ2v) is 11.9. The highest BCUT2D eigenvalue weighted by atomic mass is 31.1. The minimum absolute atomic E-state index is 0.370. The summed E-state index contributed by atoms with van der Waals surface area (Å²) in [5.74, 6) is 0. The highest BCUT2D eigenvalue weighted by molar-refractivity contribution is 7.57. The zero-order chi connectivity index (χ0) is 20.5. The van der Waals surface area contributed by atoms with E-state index in [-0.39, 0.29) is 0 Å². The summed E-state index contributed by atoms with van der Waals surface area (Å²) >= 11 is 0. The van der Waals surface area contributed by atoms with E-state index in [0.717, 1.165) is 0 Å². The van der Waals surface area contributed by atoms with Crippen LogP contribution < -0.4 is 0 Å². The standard InChI is InChI=1S/C27H57P/c1-4-7-9-11-13-15-17-19-21-23-26-28(25-6-3)27-24-22-20-18-16-14-12-10-8-5-2/h4-27H2,1-3H3. The van der Waals surface area contributed by atoms with Gasteiger partial charge in [-0.05, 0) is 31.3 Å². The molecule has 0 aliphatic carbocycles. The molecule has 0 aliphatic heterocycles. The fourth-order valence-electron chi connectivity index (χ4n) is 4.30. The first-order valence-corrected chi connectivity index (χ1v) is 15.5. The summed E-state index contributed by atoms with van der Waals surface area (Å²) in [5, 5.41) is 0. The lowest BCUT2D eigenvalue weighted by Crippen LogP contribution is -1.96. The number of unbranched alkanes of at least 4 members (excludes halogenated alkanes) is 18. The van der Waals surface area contributed by atoms with Gasteiger partial charge >= 0.3 is 0 Å². The van der Waals surface area contributed by atoms with E-state index < -0.39 is 0 Å². The number of hydrogen-bond acceptors (Lipinski definition) is 0. The zero-order valence-electron chi connectivity index (χ0n) is 20.4. The molecule has 0 N–H and O–H groups in total. The largest absolute Gasteiger partial charge is 0.107 e. The summed E-state index contributed by atoms with van der Waals surface area (Å²) in [6, 6.07) is 0. The van der Waals surface area contributed by atoms with Crippen LogP contribution in [0.3, 0.4) is 0 Å². The minimum Gasteiger partial charge on any atom is -0.107 e. The highest BCUT2D eigenvalue weighted by Crippen LogP contribution is 2.38. The molecule has 1 heteroatoms. The first-order chi connectivity index (χ1) is 13.8. The second-order valence-electron chi connectivity index (χ2n) is 9.21. The first kappa shape index (κ1) is 28.4. The van der Waals surface area contributed by atoms with Gasteiger partial charge in [-0.15, -0.1) is 7.92 Å². The van der Waals surface area contributed by atoms with Crippen molar-refractivity contribution in [3.63, 3.8) is 0 Å². The monoisotopic (exact) mass is 412 g/mol. The summed E-state index contributed by atoms with van der Waals surface area (Å²) < 4.78 is 0. The van der Waals surface area contributed by atoms with Crippen LogP contribution in [0.2, 0.25) is 0 Å². The summed E-state index contributed by atoms with van der Waals surface area (Å²) in [6.07, 6.45) is 35.7. The summed E-state index contributed by atoms with van der Waals surface area (Å²) in [7, 11) is 0.370. The van der Waals surface area contributed by atoms with Crippen LogP contribution in [-0.4, -0.2) is 18.5 Å². The normalized spacial score (nSPS) is 11.6. The van der Waals surface area contributed by atoms with Crippen molar-refractivity contribution in [1.82, 2.24) is 0 Å². The lowest BCUT2D eigenvalue weighted by atomic mass is 10.1. The van der Waals surface area contributed by atoms with Gasteiger partial charge in [-0.2, -0.15) is 0 Å². The average molecular weight is 413 g/mol. The molecule has 0 rings (SSSR count). The Balaban J connectivity index is 3.41. The van der Waals surface area contributed by atoms with E-state index in [0.29, 0.717) is 7.92 Å². The molecule has 0 unspecified atom stereocenters. The molecule has 28 heavy (non-hydrogen) atoms. The third-order valence-electron chi connectivity index (χ3n) is 6.20. The van der Waals surface area contributed by atoms with E-state index in [9.17, 15) is 0 Å². The molecule has 0 nitrogen and oxygen atoms in total. The Morgan fingerprint density at radius 1 is 0.286 bits per heavy atom. The zero-order valence-corrected chi connectivity index (χ0v) is 21.3. The van der Waals surface area contributed by atoms with Gasteiger partial charge in [0.05, 0.1) is 0 Å². The second kappa shape index (κ2) is 25.5. The lowest BCUT2D eigenvalue weighted by Gasteiger charge is -2.17. The van der Waals surface area contributed by atoms with Crippen LogP contribution in [0.1, 0.15) is 156 Å². The van der Waals surface area contributed by atoms with Gasteiger partial charge in [0.15, 0.2) is 0 Å². The molecule has 0 saturated carbocycles. The van der Waals surface area contributed by atoms with Crippen molar-refractivity contribution in [3.8, 4) is 0 Å². The maximum absolute atomic E-state index is 2.40. The van der Waals surface area contributed by atoms with E-state index in [1.165, 1.54) is 135 Å². The quantitative estimate of drug-likeness (QED) is 0.109. The Kier molecular flexibility index (Phi) is 25.9. The molecule has 0 fully saturated rings. The summed E-state index contributed by atoms with van der Waals surface area (Å²) in [5.41, 5.74) is 0. The van der Waals surface area contributed by atoms with Gasteiger partial charge in [0.2, 0.25) is 0 Å². The van der Waals surface area contributed by atoms with E-state index >= 15 is 0 Å². The van der Waals surface area contributed by atoms with Crippen molar-refractivity contribution in [3.05, 3.63) is 0 Å². The molecule has 0 atom stereocenters. The molecular formula is C27H57P. The first-order valence-electron chi connectivity index (χ1n) is 13.6. The molecule has 0 heterocycles. The van der Waals surface area contributed by atoms with Gasteiger partial charge in [0.25, 0.3) is 0 Å². The SMILES string of the molecule is CCCCCCCCCCCCP(CCC)CCCCCCCCCCCC. The smallest absolute Gasteiger partial charge is 0.0326 e. The van der Waals surface area contributed by atoms with Gasteiger partial charge in [0, 0.05) is 0 Å². The summed E-state index contributed by atoms with van der Waals surface area (Å²) in [4.78, 5) is 0. The van der Waals surface area contributed by atoms with Gasteiger partial charge in [-0.1, -0.05) is 143 Å². The van der Waals surface area contributed by atoms with Crippen LogP contribution in [0.4, 0.5) is 0 Å². The van der Waals surface area contributed by atoms with Crippen molar-refractivity contribution in [2.75, 3.05) is 18.5 Å². The van der Waals surface area contributed by atoms with Crippen LogP contribution in [0.5, 0.6) is 0 Å². The summed E-state index contributed by atoms with van der Waals surface area (Å²) in [6.45, 7) is 7.01. The molecule has 0 aromatic carbocycles. The van der Waals surface area contributed by atoms with E-state index in [1.54, 1.807) is 18.5 Å². The molecule has 0 saturated heterocycles. The third kappa shape index (κ3) is 22.7. The van der Waals surface area contributed by atoms with Gasteiger partial charge in [-0.3, -0.25) is 0 Å². The van der Waals surface area contributed by atoms with Crippen LogP contribution in [0, 0.1) is 0 Å². The Hall–Kier alpha value is 0.430. The van der Waals surface area contributed by atoms with Crippen LogP contribution in [0.15, 0.2) is 0 Å². The van der Waals surface area contributed by atoms with Crippen LogP contribution >= 0.6 is 7.92 Å². The maximum Gasteiger partial charge on any atom is -0.0326 e. The third-order valence-corrected chi connectivity index (χ3v) is 9.17. The Morgan fingerprint density at radius 2 is 0.571 bits per heavy atom. The number of hydrogen-bond donors (Lipinski definition) is 0. The van der Waals surface area contributed by atoms with Crippen molar-refractivity contribution in [2.45, 2.75) is 156 Å². The number of rotatable bonds is 24. The molecule has 0 radical (unpaired) electrons. The van der Waals surface area contributed by atoms with Gasteiger partial charge in [-0.25, -0.2) is 0 Å². The molecule has 0 aliphatic rings. The van der Waals surface area contributed by atoms with E-state index in [1.807, 2.05) is 0 Å². The topological polar surface area (TPSA) is 0 Å². The van der Waals surface area contributed by atoms with E-state index in [4.69, 9.17) is 0 Å². The average Bonchev–Trinajstić information content (AvgIpc) is 2.70. The van der Waals surface area contributed by atoms with E-state index in [2.05, 4.69) is 20.8 Å². The lowest BCUT2D eigenvalue weighted by molar-refractivity contribution is 0.561. The van der Waals surface area contributed by atoms with Crippen molar-refractivity contribution < 1.29 is 0 Å². The molecular weight excluding hydrogens is 355 g/mol. The van der Waals surface area contributed by atoms with Crippen LogP contribution in [0.25, 0.3) is 0 Å². The fourth-order valence-corrected chi connectivity index (χ4v) is 6.94. The Labute approximate surface area is 182 Å². The van der Waals surface area contributed by atoms with Crippen molar-refractivity contribution >= 4 is 7.92 Å². The Morgan fingerprint density at radius 3 is 0.857 bits per heavy atom. The molecule has 0 spiro atoms. The molecule has 0 aromatic rings. The Bertz CT molecular complexity index is 239. The van der Waals surface area contributed by atoms with Gasteiger partial charge < -0.3 is 0 Å². The highest BCUT2D eigenvalue weighted by Gasteiger charge is 2.06. The maximum atomic E-state index is 2.40. The van der Waals surface area contributed by atoms with Crippen LogP contribution in [-0.2, 0) is 0 Å².